The summed E-state index contributed by atoms with van der Waals surface area (Å²) < 4.78 is 11.9. The Morgan fingerprint density at radius 2 is 1.84 bits per heavy atom. The molecule has 1 aliphatic carbocycles. The lowest BCUT2D eigenvalue weighted by atomic mass is 9.94. The van der Waals surface area contributed by atoms with Crippen molar-refractivity contribution in [2.75, 3.05) is 7.11 Å². The second-order valence-corrected chi connectivity index (χ2v) is 9.13. The van der Waals surface area contributed by atoms with E-state index in [1.807, 2.05) is 24.3 Å². The van der Waals surface area contributed by atoms with Gasteiger partial charge in [-0.25, -0.2) is 0 Å². The number of ether oxygens (including phenoxy) is 1. The van der Waals surface area contributed by atoms with Gasteiger partial charge in [0.15, 0.2) is 11.5 Å². The van der Waals surface area contributed by atoms with Crippen LogP contribution in [0.2, 0.25) is 0 Å². The number of furan rings is 1. The van der Waals surface area contributed by atoms with Gasteiger partial charge < -0.3 is 19.2 Å². The van der Waals surface area contributed by atoms with Crippen LogP contribution in [0.25, 0.3) is 11.0 Å². The average Bonchev–Trinajstić information content (AvgIpc) is 3.52. The van der Waals surface area contributed by atoms with E-state index in [1.54, 1.807) is 36.3 Å². The van der Waals surface area contributed by atoms with Gasteiger partial charge in [-0.2, -0.15) is 0 Å². The minimum Gasteiger partial charge on any atom is -0.503 e. The highest BCUT2D eigenvalue weighted by atomic mass is 79.9. The van der Waals surface area contributed by atoms with Gasteiger partial charge in [0.05, 0.1) is 18.7 Å². The van der Waals surface area contributed by atoms with Gasteiger partial charge >= 0.3 is 0 Å². The molecule has 1 aliphatic heterocycles. The van der Waals surface area contributed by atoms with E-state index in [-0.39, 0.29) is 17.4 Å². The molecule has 2 aliphatic rings. The van der Waals surface area contributed by atoms with Gasteiger partial charge in [0.2, 0.25) is 5.78 Å². The molecular formula is C25H22BrNO5. The SMILES string of the molecule is COc1ccc(C2C(C(=O)c3cc4cc(Br)ccc4o3)=C(O)C(=O)N2C2CCCC2)cc1. The standard InChI is InChI=1S/C25H22BrNO5/c1-31-18-9-6-14(7-10-18)22-21(24(29)25(30)27(22)17-4-2-3-5-17)23(28)20-13-15-12-16(26)8-11-19(15)32-20/h6-13,17,22,29H,2-5H2,1H3. The van der Waals surface area contributed by atoms with E-state index >= 15 is 0 Å². The molecule has 1 atom stereocenters. The molecule has 1 saturated carbocycles. The first-order valence-corrected chi connectivity index (χ1v) is 11.4. The Morgan fingerprint density at radius 1 is 1.12 bits per heavy atom. The molecule has 1 aromatic heterocycles. The molecule has 3 aromatic rings. The van der Waals surface area contributed by atoms with Crippen LogP contribution in [0.1, 0.15) is 47.8 Å². The van der Waals surface area contributed by atoms with E-state index < -0.39 is 23.5 Å². The summed E-state index contributed by atoms with van der Waals surface area (Å²) in [5, 5.41) is 11.6. The zero-order chi connectivity index (χ0) is 22.4. The molecule has 1 N–H and O–H groups in total. The molecular weight excluding hydrogens is 474 g/mol. The van der Waals surface area contributed by atoms with Gasteiger partial charge in [0.1, 0.15) is 11.3 Å². The summed E-state index contributed by atoms with van der Waals surface area (Å²) in [6.07, 6.45) is 3.75. The summed E-state index contributed by atoms with van der Waals surface area (Å²) in [5.74, 6) is -0.706. The molecule has 0 saturated heterocycles. The molecule has 1 fully saturated rings. The highest BCUT2D eigenvalue weighted by Crippen LogP contribution is 2.44. The Kier molecular flexibility index (Phi) is 5.29. The van der Waals surface area contributed by atoms with Crippen LogP contribution in [-0.2, 0) is 4.79 Å². The minimum absolute atomic E-state index is 0.0197. The molecule has 7 heteroatoms. The molecule has 0 bridgehead atoms. The molecule has 5 rings (SSSR count). The Hall–Kier alpha value is -3.06. The van der Waals surface area contributed by atoms with Crippen molar-refractivity contribution < 1.29 is 23.8 Å². The van der Waals surface area contributed by atoms with E-state index in [0.717, 1.165) is 41.1 Å². The monoisotopic (exact) mass is 495 g/mol. The highest BCUT2D eigenvalue weighted by molar-refractivity contribution is 9.10. The third kappa shape index (κ3) is 3.41. The molecule has 0 spiro atoms. The maximum atomic E-state index is 13.6. The lowest BCUT2D eigenvalue weighted by Crippen LogP contribution is -2.38. The van der Waals surface area contributed by atoms with Crippen molar-refractivity contribution in [3.63, 3.8) is 0 Å². The van der Waals surface area contributed by atoms with Crippen molar-refractivity contribution in [2.24, 2.45) is 0 Å². The Bertz CT molecular complexity index is 1240. The third-order valence-electron chi connectivity index (χ3n) is 6.34. The number of fused-ring (bicyclic) bond motifs is 1. The molecule has 1 amide bonds. The Morgan fingerprint density at radius 3 is 2.53 bits per heavy atom. The number of rotatable bonds is 5. The number of ketones is 1. The van der Waals surface area contributed by atoms with Gasteiger partial charge in [0.25, 0.3) is 5.91 Å². The number of nitrogens with zero attached hydrogens (tertiary/aromatic N) is 1. The van der Waals surface area contributed by atoms with Crippen molar-refractivity contribution in [3.8, 4) is 5.75 Å². The number of carbonyl (C=O) groups is 2. The zero-order valence-electron chi connectivity index (χ0n) is 17.5. The normalized spacial score (nSPS) is 19.4. The summed E-state index contributed by atoms with van der Waals surface area (Å²) in [4.78, 5) is 28.4. The molecule has 2 aromatic carbocycles. The lowest BCUT2D eigenvalue weighted by Gasteiger charge is -2.32. The topological polar surface area (TPSA) is 80.0 Å². The van der Waals surface area contributed by atoms with Crippen molar-refractivity contribution in [2.45, 2.75) is 37.8 Å². The fraction of sp³-hybridized carbons (Fsp3) is 0.280. The Balaban J connectivity index is 1.60. The first kappa shape index (κ1) is 20.8. The third-order valence-corrected chi connectivity index (χ3v) is 6.83. The lowest BCUT2D eigenvalue weighted by molar-refractivity contribution is -0.131. The highest BCUT2D eigenvalue weighted by Gasteiger charge is 2.47. The van der Waals surface area contributed by atoms with Gasteiger partial charge in [-0.3, -0.25) is 9.59 Å². The largest absolute Gasteiger partial charge is 0.503 e. The second kappa shape index (κ2) is 8.13. The zero-order valence-corrected chi connectivity index (χ0v) is 19.1. The van der Waals surface area contributed by atoms with Crippen LogP contribution < -0.4 is 4.74 Å². The summed E-state index contributed by atoms with van der Waals surface area (Å²) in [5.41, 5.74) is 1.37. The van der Waals surface area contributed by atoms with Gasteiger partial charge in [-0.1, -0.05) is 40.9 Å². The van der Waals surface area contributed by atoms with Crippen molar-refractivity contribution in [1.29, 1.82) is 0 Å². The van der Waals surface area contributed by atoms with Crippen LogP contribution in [0.15, 0.2) is 68.8 Å². The van der Waals surface area contributed by atoms with Crippen LogP contribution in [0.5, 0.6) is 5.75 Å². The van der Waals surface area contributed by atoms with E-state index in [0.29, 0.717) is 11.3 Å². The summed E-state index contributed by atoms with van der Waals surface area (Å²) >= 11 is 3.42. The quantitative estimate of drug-likeness (QED) is 0.457. The van der Waals surface area contributed by atoms with E-state index in [1.165, 1.54) is 0 Å². The first-order valence-electron chi connectivity index (χ1n) is 10.6. The summed E-state index contributed by atoms with van der Waals surface area (Å²) in [7, 11) is 1.58. The number of Topliss-reactive ketones (excluding diaryl/α,β-unsaturated/α-hetero) is 1. The van der Waals surface area contributed by atoms with E-state index in [9.17, 15) is 14.7 Å². The predicted molar refractivity (Wildman–Crippen MR) is 123 cm³/mol. The number of methoxy groups -OCH3 is 1. The van der Waals surface area contributed by atoms with E-state index in [2.05, 4.69) is 15.9 Å². The van der Waals surface area contributed by atoms with Gasteiger partial charge in [-0.05, 0) is 54.8 Å². The van der Waals surface area contributed by atoms with Crippen LogP contribution in [0.4, 0.5) is 0 Å². The van der Waals surface area contributed by atoms with Gasteiger partial charge in [-0.15, -0.1) is 0 Å². The van der Waals surface area contributed by atoms with Crippen molar-refractivity contribution >= 4 is 38.6 Å². The first-order chi connectivity index (χ1) is 15.5. The minimum atomic E-state index is -0.677. The number of carbonyl (C=O) groups excluding carboxylic acids is 2. The maximum Gasteiger partial charge on any atom is 0.290 e. The number of benzene rings is 2. The van der Waals surface area contributed by atoms with Gasteiger partial charge in [0, 0.05) is 15.9 Å². The van der Waals surface area contributed by atoms with Crippen LogP contribution in [-0.4, -0.2) is 34.8 Å². The summed E-state index contributed by atoms with van der Waals surface area (Å²) in [6.45, 7) is 0. The molecule has 164 valence electrons. The molecule has 32 heavy (non-hydrogen) atoms. The Labute approximate surface area is 193 Å². The molecule has 1 unspecified atom stereocenters. The number of aliphatic hydroxyl groups excluding tert-OH is 1. The van der Waals surface area contributed by atoms with Crippen LogP contribution in [0, 0.1) is 0 Å². The van der Waals surface area contributed by atoms with Crippen LogP contribution >= 0.6 is 15.9 Å². The number of halogens is 1. The van der Waals surface area contributed by atoms with Crippen molar-refractivity contribution in [1.82, 2.24) is 4.90 Å². The number of hydrogen-bond acceptors (Lipinski definition) is 5. The number of hydrogen-bond donors (Lipinski definition) is 1. The predicted octanol–water partition coefficient (Wildman–Crippen LogP) is 5.72. The van der Waals surface area contributed by atoms with E-state index in [4.69, 9.17) is 9.15 Å². The fourth-order valence-corrected chi connectivity index (χ4v) is 5.17. The number of amides is 1. The molecule has 2 heterocycles. The molecule has 6 nitrogen and oxygen atoms in total. The van der Waals surface area contributed by atoms with Crippen molar-refractivity contribution in [3.05, 3.63) is 75.7 Å². The van der Waals surface area contributed by atoms with Crippen LogP contribution in [0.3, 0.4) is 0 Å². The summed E-state index contributed by atoms with van der Waals surface area (Å²) in [6, 6.07) is 13.7. The fourth-order valence-electron chi connectivity index (χ4n) is 4.79. The maximum absolute atomic E-state index is 13.6. The molecule has 0 radical (unpaired) electrons. The number of aliphatic hydroxyl groups is 1. The second-order valence-electron chi connectivity index (χ2n) is 8.21. The smallest absolute Gasteiger partial charge is 0.290 e. The average molecular weight is 496 g/mol.